The van der Waals surface area contributed by atoms with Crippen LogP contribution in [0.1, 0.15) is 5.82 Å². The number of para-hydroxylation sites is 2. The molecule has 8 heteroatoms. The van der Waals surface area contributed by atoms with Gasteiger partial charge in [0.2, 0.25) is 5.71 Å². The molecule has 0 fully saturated rings. The van der Waals surface area contributed by atoms with E-state index in [1.165, 1.54) is 12.1 Å². The second-order valence-corrected chi connectivity index (χ2v) is 5.78. The normalized spacial score (nSPS) is 11.5. The minimum atomic E-state index is 0.0725. The Labute approximate surface area is 146 Å². The van der Waals surface area contributed by atoms with E-state index in [9.17, 15) is 5.26 Å². The Morgan fingerprint density at radius 2 is 1.87 bits per heavy atom. The van der Waals surface area contributed by atoms with E-state index in [1.54, 1.807) is 0 Å². The molecule has 0 unspecified atom stereocenters. The molecular formula is C15H8Cl3N5. The lowest BCUT2D eigenvalue weighted by molar-refractivity contribution is 1.25. The van der Waals surface area contributed by atoms with E-state index in [0.717, 1.165) is 11.0 Å². The molecule has 2 N–H and O–H groups in total. The average molecular weight is 365 g/mol. The highest BCUT2D eigenvalue weighted by Gasteiger charge is 2.11. The number of nitriles is 1. The summed E-state index contributed by atoms with van der Waals surface area (Å²) >= 11 is 18.0. The van der Waals surface area contributed by atoms with Gasteiger partial charge in [-0.05, 0) is 24.3 Å². The van der Waals surface area contributed by atoms with Crippen molar-refractivity contribution in [1.82, 2.24) is 9.97 Å². The van der Waals surface area contributed by atoms with E-state index < -0.39 is 0 Å². The fourth-order valence-corrected chi connectivity index (χ4v) is 2.86. The number of nitrogens with one attached hydrogen (secondary N) is 2. The van der Waals surface area contributed by atoms with Gasteiger partial charge in [0.05, 0.1) is 26.8 Å². The van der Waals surface area contributed by atoms with Crippen molar-refractivity contribution in [2.45, 2.75) is 0 Å². The zero-order valence-corrected chi connectivity index (χ0v) is 13.7. The van der Waals surface area contributed by atoms with Crippen LogP contribution >= 0.6 is 34.8 Å². The molecular weight excluding hydrogens is 357 g/mol. The number of rotatable bonds is 3. The number of aromatic amines is 1. The molecule has 2 aromatic carbocycles. The first-order chi connectivity index (χ1) is 11.1. The first kappa shape index (κ1) is 15.6. The molecule has 114 valence electrons. The van der Waals surface area contributed by atoms with Gasteiger partial charge in [0.1, 0.15) is 6.07 Å². The number of anilines is 1. The Bertz CT molecular complexity index is 899. The van der Waals surface area contributed by atoms with Gasteiger partial charge < -0.3 is 4.98 Å². The van der Waals surface area contributed by atoms with Crippen LogP contribution in [0.25, 0.3) is 11.0 Å². The van der Waals surface area contributed by atoms with Gasteiger partial charge in [-0.25, -0.2) is 4.98 Å². The molecule has 0 amide bonds. The third kappa shape index (κ3) is 3.25. The van der Waals surface area contributed by atoms with Crippen LogP contribution in [0.4, 0.5) is 5.69 Å². The smallest absolute Gasteiger partial charge is 0.203 e. The summed E-state index contributed by atoms with van der Waals surface area (Å²) in [6, 6.07) is 12.5. The van der Waals surface area contributed by atoms with E-state index in [4.69, 9.17) is 34.8 Å². The lowest BCUT2D eigenvalue weighted by Crippen LogP contribution is -2.04. The number of halogens is 3. The van der Waals surface area contributed by atoms with E-state index in [0.29, 0.717) is 26.6 Å². The highest BCUT2D eigenvalue weighted by Crippen LogP contribution is 2.33. The van der Waals surface area contributed by atoms with Gasteiger partial charge in [-0.1, -0.05) is 46.9 Å². The summed E-state index contributed by atoms with van der Waals surface area (Å²) in [5.74, 6) is 0.349. The van der Waals surface area contributed by atoms with Crippen molar-refractivity contribution in [2.75, 3.05) is 5.43 Å². The zero-order chi connectivity index (χ0) is 16.4. The summed E-state index contributed by atoms with van der Waals surface area (Å²) in [5.41, 5.74) is 4.68. The third-order valence-electron chi connectivity index (χ3n) is 3.01. The topological polar surface area (TPSA) is 76.9 Å². The molecule has 0 aliphatic carbocycles. The number of aromatic nitrogens is 2. The lowest BCUT2D eigenvalue weighted by Gasteiger charge is -2.06. The van der Waals surface area contributed by atoms with Crippen LogP contribution in [-0.4, -0.2) is 15.7 Å². The number of imidazole rings is 1. The summed E-state index contributed by atoms with van der Waals surface area (Å²) in [6.07, 6.45) is 0. The van der Waals surface area contributed by atoms with Gasteiger partial charge in [0, 0.05) is 5.02 Å². The molecule has 0 atom stereocenters. The highest BCUT2D eigenvalue weighted by atomic mass is 35.5. The molecule has 0 aliphatic heterocycles. The Morgan fingerprint density at radius 1 is 1.17 bits per heavy atom. The van der Waals surface area contributed by atoms with Crippen molar-refractivity contribution in [3.05, 3.63) is 57.3 Å². The lowest BCUT2D eigenvalue weighted by atomic mass is 10.3. The summed E-state index contributed by atoms with van der Waals surface area (Å²) in [6.45, 7) is 0. The second-order valence-electron chi connectivity index (χ2n) is 4.53. The quantitative estimate of drug-likeness (QED) is 0.514. The Hall–Kier alpha value is -2.26. The van der Waals surface area contributed by atoms with Crippen LogP contribution in [0.2, 0.25) is 15.1 Å². The van der Waals surface area contributed by atoms with Crippen LogP contribution in [0.5, 0.6) is 0 Å². The Kier molecular flexibility index (Phi) is 4.39. The van der Waals surface area contributed by atoms with E-state index in [-0.39, 0.29) is 5.71 Å². The van der Waals surface area contributed by atoms with Crippen LogP contribution < -0.4 is 5.43 Å². The van der Waals surface area contributed by atoms with Crippen molar-refractivity contribution < 1.29 is 0 Å². The largest absolute Gasteiger partial charge is 0.336 e. The van der Waals surface area contributed by atoms with Gasteiger partial charge in [-0.3, -0.25) is 5.43 Å². The second kappa shape index (κ2) is 6.47. The van der Waals surface area contributed by atoms with Gasteiger partial charge in [-0.2, -0.15) is 10.4 Å². The van der Waals surface area contributed by atoms with Crippen LogP contribution in [0, 0.1) is 11.3 Å². The van der Waals surface area contributed by atoms with Crippen LogP contribution in [0.3, 0.4) is 0 Å². The predicted octanol–water partition coefficient (Wildman–Crippen LogP) is 4.86. The van der Waals surface area contributed by atoms with Crippen molar-refractivity contribution >= 4 is 57.2 Å². The molecule has 0 saturated carbocycles. The molecule has 3 rings (SSSR count). The first-order valence-electron chi connectivity index (χ1n) is 6.42. The number of benzene rings is 2. The molecule has 23 heavy (non-hydrogen) atoms. The molecule has 0 aliphatic rings. The van der Waals surface area contributed by atoms with Crippen LogP contribution in [-0.2, 0) is 0 Å². The van der Waals surface area contributed by atoms with Gasteiger partial charge in [-0.15, -0.1) is 0 Å². The zero-order valence-electron chi connectivity index (χ0n) is 11.4. The molecule has 0 bridgehead atoms. The standard InChI is InChI=1S/C15H8Cl3N5/c16-8-5-9(17)14(10(18)6-8)23-22-13(7-19)15-20-11-3-1-2-4-12(11)21-15/h1-6,23H,(H,20,21)/b22-13-. The molecule has 3 aromatic rings. The Morgan fingerprint density at radius 3 is 2.52 bits per heavy atom. The van der Waals surface area contributed by atoms with Crippen molar-refractivity contribution in [3.8, 4) is 6.07 Å². The third-order valence-corrected chi connectivity index (χ3v) is 3.82. The number of H-pyrrole nitrogens is 1. The summed E-state index contributed by atoms with van der Waals surface area (Å²) in [5, 5.41) is 14.3. The van der Waals surface area contributed by atoms with E-state index in [2.05, 4.69) is 20.5 Å². The van der Waals surface area contributed by atoms with Gasteiger partial charge in [0.25, 0.3) is 0 Å². The highest BCUT2D eigenvalue weighted by molar-refractivity contribution is 6.41. The summed E-state index contributed by atoms with van der Waals surface area (Å²) in [4.78, 5) is 7.35. The number of hydrogen-bond donors (Lipinski definition) is 2. The molecule has 1 aromatic heterocycles. The Balaban J connectivity index is 1.95. The molecule has 0 saturated heterocycles. The maximum atomic E-state index is 9.30. The number of hydrogen-bond acceptors (Lipinski definition) is 4. The van der Waals surface area contributed by atoms with Crippen LogP contribution in [0.15, 0.2) is 41.5 Å². The maximum absolute atomic E-state index is 9.30. The molecule has 1 heterocycles. The van der Waals surface area contributed by atoms with E-state index in [1.807, 2.05) is 30.3 Å². The SMILES string of the molecule is N#C/C(=N/Nc1c(Cl)cc(Cl)cc1Cl)c1nc2ccccc2[nH]1. The van der Waals surface area contributed by atoms with Crippen molar-refractivity contribution in [2.24, 2.45) is 5.10 Å². The molecule has 0 radical (unpaired) electrons. The first-order valence-corrected chi connectivity index (χ1v) is 7.55. The number of nitrogens with zero attached hydrogens (tertiary/aromatic N) is 3. The number of hydrazone groups is 1. The average Bonchev–Trinajstić information content (AvgIpc) is 2.93. The van der Waals surface area contributed by atoms with Gasteiger partial charge >= 0.3 is 0 Å². The summed E-state index contributed by atoms with van der Waals surface area (Å²) in [7, 11) is 0. The van der Waals surface area contributed by atoms with Crippen molar-refractivity contribution in [1.29, 1.82) is 5.26 Å². The minimum Gasteiger partial charge on any atom is -0.336 e. The summed E-state index contributed by atoms with van der Waals surface area (Å²) < 4.78 is 0. The molecule has 0 spiro atoms. The molecule has 5 nitrogen and oxygen atoms in total. The number of fused-ring (bicyclic) bond motifs is 1. The fraction of sp³-hybridized carbons (Fsp3) is 0. The monoisotopic (exact) mass is 363 g/mol. The van der Waals surface area contributed by atoms with Gasteiger partial charge in [0.15, 0.2) is 5.82 Å². The fourth-order valence-electron chi connectivity index (χ4n) is 1.96. The maximum Gasteiger partial charge on any atom is 0.203 e. The minimum absolute atomic E-state index is 0.0725. The predicted molar refractivity (Wildman–Crippen MR) is 93.3 cm³/mol. The van der Waals surface area contributed by atoms with Crippen molar-refractivity contribution in [3.63, 3.8) is 0 Å². The van der Waals surface area contributed by atoms with E-state index >= 15 is 0 Å².